The number of nitrogens with two attached hydrogens (primary N) is 1. The second kappa shape index (κ2) is 6.68. The molecule has 0 amide bonds. The van der Waals surface area contributed by atoms with Crippen LogP contribution in [-0.2, 0) is 20.6 Å². The van der Waals surface area contributed by atoms with Gasteiger partial charge in [-0.3, -0.25) is 13.9 Å². The molecular formula is C17H21N5O4. The van der Waals surface area contributed by atoms with Crippen molar-refractivity contribution >= 4 is 17.1 Å². The first-order chi connectivity index (χ1) is 12.3. The molecule has 9 nitrogen and oxygen atoms in total. The molecule has 1 aromatic carbocycles. The van der Waals surface area contributed by atoms with E-state index in [1.54, 1.807) is 0 Å². The molecule has 0 aliphatic heterocycles. The fraction of sp³-hybridized carbons (Fsp3) is 0.353. The summed E-state index contributed by atoms with van der Waals surface area (Å²) < 4.78 is 9.27. The molecule has 2 heterocycles. The van der Waals surface area contributed by atoms with E-state index in [0.717, 1.165) is 10.1 Å². The molecule has 0 spiro atoms. The van der Waals surface area contributed by atoms with Crippen LogP contribution in [0.4, 0.5) is 5.95 Å². The van der Waals surface area contributed by atoms with E-state index in [1.807, 2.05) is 31.2 Å². The van der Waals surface area contributed by atoms with Crippen molar-refractivity contribution in [1.29, 1.82) is 0 Å². The van der Waals surface area contributed by atoms with Crippen molar-refractivity contribution < 1.29 is 9.84 Å². The third-order valence-corrected chi connectivity index (χ3v) is 4.30. The largest absolute Gasteiger partial charge is 0.491 e. The minimum Gasteiger partial charge on any atom is -0.491 e. The van der Waals surface area contributed by atoms with E-state index in [-0.39, 0.29) is 30.3 Å². The molecule has 0 fully saturated rings. The fourth-order valence-electron chi connectivity index (χ4n) is 2.82. The van der Waals surface area contributed by atoms with Crippen molar-refractivity contribution in [1.82, 2.24) is 18.7 Å². The molecule has 0 aliphatic carbocycles. The Kier molecular flexibility index (Phi) is 4.56. The topological polar surface area (TPSA) is 117 Å². The standard InChI is InChI=1S/C17H21N5O4/c1-10-6-4-5-7-12(10)26-9-11(23)8-22-13-14(19-16(22)18)20(2)17(25)21(3)15(13)24/h4-7,11,23H,8-9H2,1-3H3,(H2,18,19)/t11-/m1/s1. The van der Waals surface area contributed by atoms with E-state index in [2.05, 4.69) is 4.98 Å². The van der Waals surface area contributed by atoms with Crippen LogP contribution >= 0.6 is 0 Å². The van der Waals surface area contributed by atoms with E-state index in [9.17, 15) is 14.7 Å². The highest BCUT2D eigenvalue weighted by Gasteiger charge is 2.19. The van der Waals surface area contributed by atoms with Gasteiger partial charge in [-0.05, 0) is 18.6 Å². The number of rotatable bonds is 5. The maximum atomic E-state index is 12.5. The zero-order valence-corrected chi connectivity index (χ0v) is 14.8. The summed E-state index contributed by atoms with van der Waals surface area (Å²) in [7, 11) is 2.90. The number of aromatic nitrogens is 4. The van der Waals surface area contributed by atoms with Gasteiger partial charge in [0.15, 0.2) is 11.2 Å². The van der Waals surface area contributed by atoms with Crippen LogP contribution in [0.15, 0.2) is 33.9 Å². The minimum atomic E-state index is -0.920. The van der Waals surface area contributed by atoms with Crippen LogP contribution in [0.1, 0.15) is 5.56 Å². The van der Waals surface area contributed by atoms with Gasteiger partial charge in [-0.25, -0.2) is 4.79 Å². The number of anilines is 1. The molecule has 0 saturated carbocycles. The lowest BCUT2D eigenvalue weighted by atomic mass is 10.2. The van der Waals surface area contributed by atoms with Gasteiger partial charge in [-0.1, -0.05) is 18.2 Å². The summed E-state index contributed by atoms with van der Waals surface area (Å²) in [6.45, 7) is 1.95. The fourth-order valence-corrected chi connectivity index (χ4v) is 2.82. The number of hydrogen-bond donors (Lipinski definition) is 2. The molecule has 0 aliphatic rings. The number of aliphatic hydroxyl groups is 1. The van der Waals surface area contributed by atoms with Crippen molar-refractivity contribution in [3.63, 3.8) is 0 Å². The van der Waals surface area contributed by atoms with Crippen molar-refractivity contribution in [2.45, 2.75) is 19.6 Å². The first-order valence-electron chi connectivity index (χ1n) is 8.09. The van der Waals surface area contributed by atoms with Gasteiger partial charge < -0.3 is 20.1 Å². The summed E-state index contributed by atoms with van der Waals surface area (Å²) >= 11 is 0. The number of hydrogen-bond acceptors (Lipinski definition) is 6. The molecule has 3 rings (SSSR count). The van der Waals surface area contributed by atoms with Crippen molar-refractivity contribution in [2.24, 2.45) is 14.1 Å². The van der Waals surface area contributed by atoms with Crippen molar-refractivity contribution in [3.05, 3.63) is 50.7 Å². The molecule has 0 unspecified atom stereocenters. The maximum Gasteiger partial charge on any atom is 0.332 e. The van der Waals surface area contributed by atoms with Crippen LogP contribution in [0.3, 0.4) is 0 Å². The molecule has 0 bridgehead atoms. The van der Waals surface area contributed by atoms with Gasteiger partial charge in [0.1, 0.15) is 18.5 Å². The number of nitrogen functional groups attached to an aromatic ring is 1. The zero-order chi connectivity index (χ0) is 19.0. The lowest BCUT2D eigenvalue weighted by molar-refractivity contribution is 0.0935. The predicted molar refractivity (Wildman–Crippen MR) is 97.3 cm³/mol. The molecule has 2 aromatic heterocycles. The average molecular weight is 359 g/mol. The van der Waals surface area contributed by atoms with E-state index in [0.29, 0.717) is 5.75 Å². The van der Waals surface area contributed by atoms with Crippen LogP contribution < -0.4 is 21.7 Å². The van der Waals surface area contributed by atoms with Crippen molar-refractivity contribution in [2.75, 3.05) is 12.3 Å². The summed E-state index contributed by atoms with van der Waals surface area (Å²) in [6.07, 6.45) is -0.920. The number of fused-ring (bicyclic) bond motifs is 1. The SMILES string of the molecule is Cc1ccccc1OC[C@H](O)Cn1c(N)nc2c1c(=O)n(C)c(=O)n2C. The second-order valence-electron chi connectivity index (χ2n) is 6.19. The number of imidazole rings is 1. The van der Waals surface area contributed by atoms with Crippen LogP contribution in [-0.4, -0.2) is 36.5 Å². The Bertz CT molecular complexity index is 1080. The van der Waals surface area contributed by atoms with Crippen LogP contribution in [0.25, 0.3) is 11.2 Å². The summed E-state index contributed by atoms with van der Waals surface area (Å²) in [5, 5.41) is 10.3. The number of para-hydroxylation sites is 1. The quantitative estimate of drug-likeness (QED) is 0.649. The third kappa shape index (κ3) is 2.97. The number of aliphatic hydroxyl groups excluding tert-OH is 1. The molecule has 1 atom stereocenters. The molecule has 9 heteroatoms. The first-order valence-corrected chi connectivity index (χ1v) is 8.09. The molecule has 3 aromatic rings. The molecule has 0 radical (unpaired) electrons. The predicted octanol–water partition coefficient (Wildman–Crippen LogP) is -0.236. The summed E-state index contributed by atoms with van der Waals surface area (Å²) in [6, 6.07) is 7.47. The van der Waals surface area contributed by atoms with E-state index in [1.165, 1.54) is 23.2 Å². The lowest BCUT2D eigenvalue weighted by Crippen LogP contribution is -2.38. The normalized spacial score (nSPS) is 12.5. The Morgan fingerprint density at radius 3 is 2.62 bits per heavy atom. The van der Waals surface area contributed by atoms with Gasteiger partial charge in [-0.15, -0.1) is 0 Å². The molecular weight excluding hydrogens is 338 g/mol. The Morgan fingerprint density at radius 1 is 1.23 bits per heavy atom. The average Bonchev–Trinajstić information content (AvgIpc) is 2.94. The monoisotopic (exact) mass is 359 g/mol. The van der Waals surface area contributed by atoms with E-state index < -0.39 is 17.4 Å². The molecule has 0 saturated heterocycles. The highest BCUT2D eigenvalue weighted by Crippen LogP contribution is 2.17. The highest BCUT2D eigenvalue weighted by molar-refractivity contribution is 5.73. The lowest BCUT2D eigenvalue weighted by Gasteiger charge is -2.15. The summed E-state index contributed by atoms with van der Waals surface area (Å²) in [5.41, 5.74) is 6.21. The molecule has 138 valence electrons. The van der Waals surface area contributed by atoms with Gasteiger partial charge in [0, 0.05) is 14.1 Å². The van der Waals surface area contributed by atoms with Gasteiger partial charge in [-0.2, -0.15) is 4.98 Å². The van der Waals surface area contributed by atoms with Gasteiger partial charge in [0.05, 0.1) is 6.54 Å². The summed E-state index contributed by atoms with van der Waals surface area (Å²) in [5.74, 6) is 0.724. The van der Waals surface area contributed by atoms with Crippen LogP contribution in [0.5, 0.6) is 5.75 Å². The second-order valence-corrected chi connectivity index (χ2v) is 6.19. The first kappa shape index (κ1) is 17.7. The zero-order valence-electron chi connectivity index (χ0n) is 14.8. The molecule has 26 heavy (non-hydrogen) atoms. The van der Waals surface area contributed by atoms with Crippen molar-refractivity contribution in [3.8, 4) is 5.75 Å². The molecule has 3 N–H and O–H groups in total. The van der Waals surface area contributed by atoms with Crippen LogP contribution in [0, 0.1) is 6.92 Å². The summed E-state index contributed by atoms with van der Waals surface area (Å²) in [4.78, 5) is 28.6. The third-order valence-electron chi connectivity index (χ3n) is 4.30. The smallest absolute Gasteiger partial charge is 0.332 e. The van der Waals surface area contributed by atoms with E-state index >= 15 is 0 Å². The van der Waals surface area contributed by atoms with E-state index in [4.69, 9.17) is 10.5 Å². The minimum absolute atomic E-state index is 0.0155. The Morgan fingerprint density at radius 2 is 1.92 bits per heavy atom. The van der Waals surface area contributed by atoms with Gasteiger partial charge in [0.25, 0.3) is 5.56 Å². The van der Waals surface area contributed by atoms with Gasteiger partial charge in [0.2, 0.25) is 5.95 Å². The Hall–Kier alpha value is -3.07. The van der Waals surface area contributed by atoms with Crippen LogP contribution in [0.2, 0.25) is 0 Å². The highest BCUT2D eigenvalue weighted by atomic mass is 16.5. The number of aryl methyl sites for hydroxylation is 2. The number of ether oxygens (including phenoxy) is 1. The number of nitrogens with zero attached hydrogens (tertiary/aromatic N) is 4. The maximum absolute atomic E-state index is 12.5. The Labute approximate surface area is 148 Å². The van der Waals surface area contributed by atoms with Gasteiger partial charge >= 0.3 is 5.69 Å². The Balaban J connectivity index is 1.89. The number of benzene rings is 1.